The highest BCUT2D eigenvalue weighted by Crippen LogP contribution is 2.26. The number of benzene rings is 1. The second-order valence-corrected chi connectivity index (χ2v) is 4.46. The SMILES string of the molecule is O=C(NCc1ccccc1C#CCO)C1CCC1. The molecular formula is C15H17NO2. The number of rotatable bonds is 3. The average molecular weight is 243 g/mol. The molecule has 0 spiro atoms. The summed E-state index contributed by atoms with van der Waals surface area (Å²) in [4.78, 5) is 11.7. The number of aliphatic hydroxyl groups is 1. The fourth-order valence-electron chi connectivity index (χ4n) is 1.93. The van der Waals surface area contributed by atoms with Crippen LogP contribution >= 0.6 is 0 Å². The molecule has 0 bridgehead atoms. The Labute approximate surface area is 107 Å². The fraction of sp³-hybridized carbons (Fsp3) is 0.400. The molecule has 3 nitrogen and oxygen atoms in total. The van der Waals surface area contributed by atoms with Gasteiger partial charge in [-0.25, -0.2) is 0 Å². The van der Waals surface area contributed by atoms with E-state index in [0.29, 0.717) is 6.54 Å². The molecule has 18 heavy (non-hydrogen) atoms. The van der Waals surface area contributed by atoms with Crippen molar-refractivity contribution in [1.29, 1.82) is 0 Å². The lowest BCUT2D eigenvalue weighted by Gasteiger charge is -2.24. The molecule has 2 N–H and O–H groups in total. The molecule has 0 aliphatic heterocycles. The molecule has 0 radical (unpaired) electrons. The molecule has 1 fully saturated rings. The van der Waals surface area contributed by atoms with Crippen LogP contribution in [0.3, 0.4) is 0 Å². The van der Waals surface area contributed by atoms with Gasteiger partial charge in [0.25, 0.3) is 0 Å². The first-order valence-electron chi connectivity index (χ1n) is 6.26. The Morgan fingerprint density at radius 3 is 2.83 bits per heavy atom. The predicted molar refractivity (Wildman–Crippen MR) is 69.6 cm³/mol. The van der Waals surface area contributed by atoms with Crippen LogP contribution < -0.4 is 5.32 Å². The molecule has 1 aliphatic carbocycles. The van der Waals surface area contributed by atoms with Crippen molar-refractivity contribution in [2.45, 2.75) is 25.8 Å². The lowest BCUT2D eigenvalue weighted by Crippen LogP contribution is -2.34. The summed E-state index contributed by atoms with van der Waals surface area (Å²) in [6.07, 6.45) is 3.19. The van der Waals surface area contributed by atoms with Crippen molar-refractivity contribution in [3.8, 4) is 11.8 Å². The Morgan fingerprint density at radius 1 is 1.39 bits per heavy atom. The van der Waals surface area contributed by atoms with E-state index >= 15 is 0 Å². The summed E-state index contributed by atoms with van der Waals surface area (Å²) in [5.41, 5.74) is 1.85. The zero-order chi connectivity index (χ0) is 12.8. The van der Waals surface area contributed by atoms with Crippen molar-refractivity contribution in [3.05, 3.63) is 35.4 Å². The molecule has 94 valence electrons. The number of carbonyl (C=O) groups excluding carboxylic acids is 1. The Morgan fingerprint density at radius 2 is 2.17 bits per heavy atom. The van der Waals surface area contributed by atoms with Crippen molar-refractivity contribution >= 4 is 5.91 Å². The van der Waals surface area contributed by atoms with E-state index in [1.165, 1.54) is 0 Å². The van der Waals surface area contributed by atoms with Gasteiger partial charge in [-0.1, -0.05) is 36.5 Å². The van der Waals surface area contributed by atoms with Gasteiger partial charge in [0.1, 0.15) is 6.61 Å². The average Bonchev–Trinajstić information content (AvgIpc) is 2.32. The van der Waals surface area contributed by atoms with Crippen LogP contribution in [-0.2, 0) is 11.3 Å². The predicted octanol–water partition coefficient (Wildman–Crippen LogP) is 1.45. The van der Waals surface area contributed by atoms with Gasteiger partial charge in [-0.3, -0.25) is 4.79 Å². The maximum atomic E-state index is 11.7. The van der Waals surface area contributed by atoms with Gasteiger partial charge < -0.3 is 10.4 Å². The third kappa shape index (κ3) is 3.12. The molecule has 0 atom stereocenters. The summed E-state index contributed by atoms with van der Waals surface area (Å²) in [6, 6.07) is 7.67. The summed E-state index contributed by atoms with van der Waals surface area (Å²) in [5, 5.41) is 11.7. The topological polar surface area (TPSA) is 49.3 Å². The molecule has 1 saturated carbocycles. The number of nitrogens with one attached hydrogen (secondary N) is 1. The lowest BCUT2D eigenvalue weighted by atomic mass is 9.85. The smallest absolute Gasteiger partial charge is 0.223 e. The van der Waals surface area contributed by atoms with Gasteiger partial charge in [0.2, 0.25) is 5.91 Å². The highest BCUT2D eigenvalue weighted by molar-refractivity contribution is 5.79. The minimum Gasteiger partial charge on any atom is -0.384 e. The molecule has 0 aromatic heterocycles. The van der Waals surface area contributed by atoms with Crippen LogP contribution in [0.4, 0.5) is 0 Å². The Kier molecular flexibility index (Phi) is 4.38. The minimum absolute atomic E-state index is 0.145. The quantitative estimate of drug-likeness (QED) is 0.789. The lowest BCUT2D eigenvalue weighted by molar-refractivity contribution is -0.127. The van der Waals surface area contributed by atoms with Gasteiger partial charge in [-0.2, -0.15) is 0 Å². The summed E-state index contributed by atoms with van der Waals surface area (Å²) in [5.74, 6) is 5.88. The third-order valence-electron chi connectivity index (χ3n) is 3.25. The number of carbonyl (C=O) groups is 1. The Bertz CT molecular complexity index is 481. The molecule has 1 amide bonds. The Hall–Kier alpha value is -1.79. The largest absolute Gasteiger partial charge is 0.384 e. The normalized spacial score (nSPS) is 14.3. The zero-order valence-electron chi connectivity index (χ0n) is 10.3. The van der Waals surface area contributed by atoms with E-state index in [4.69, 9.17) is 5.11 Å². The van der Waals surface area contributed by atoms with Crippen molar-refractivity contribution in [2.75, 3.05) is 6.61 Å². The summed E-state index contributed by atoms with van der Waals surface area (Å²) >= 11 is 0. The van der Waals surface area contributed by atoms with E-state index < -0.39 is 0 Å². The molecule has 1 aromatic carbocycles. The highest BCUT2D eigenvalue weighted by atomic mass is 16.2. The van der Waals surface area contributed by atoms with Crippen molar-refractivity contribution < 1.29 is 9.90 Å². The molecule has 1 aliphatic rings. The maximum Gasteiger partial charge on any atom is 0.223 e. The molecule has 3 heteroatoms. The van der Waals surface area contributed by atoms with E-state index in [0.717, 1.165) is 30.4 Å². The molecule has 0 unspecified atom stereocenters. The third-order valence-corrected chi connectivity index (χ3v) is 3.25. The number of amides is 1. The van der Waals surface area contributed by atoms with Crippen LogP contribution in [0.2, 0.25) is 0 Å². The highest BCUT2D eigenvalue weighted by Gasteiger charge is 2.24. The van der Waals surface area contributed by atoms with Crippen molar-refractivity contribution in [1.82, 2.24) is 5.32 Å². The van der Waals surface area contributed by atoms with Gasteiger partial charge in [-0.15, -0.1) is 0 Å². The van der Waals surface area contributed by atoms with Gasteiger partial charge in [-0.05, 0) is 24.5 Å². The zero-order valence-corrected chi connectivity index (χ0v) is 10.3. The second-order valence-electron chi connectivity index (χ2n) is 4.46. The van der Waals surface area contributed by atoms with E-state index in [2.05, 4.69) is 17.2 Å². The van der Waals surface area contributed by atoms with Crippen LogP contribution in [0.5, 0.6) is 0 Å². The maximum absolute atomic E-state index is 11.7. The van der Waals surface area contributed by atoms with Crippen LogP contribution in [0.25, 0.3) is 0 Å². The van der Waals surface area contributed by atoms with E-state index in [1.807, 2.05) is 24.3 Å². The van der Waals surface area contributed by atoms with E-state index in [9.17, 15) is 4.79 Å². The molecular weight excluding hydrogens is 226 g/mol. The molecule has 1 aromatic rings. The Balaban J connectivity index is 1.97. The summed E-state index contributed by atoms with van der Waals surface area (Å²) in [6.45, 7) is 0.356. The number of hydrogen-bond donors (Lipinski definition) is 2. The second kappa shape index (κ2) is 6.23. The first-order valence-corrected chi connectivity index (χ1v) is 6.26. The van der Waals surface area contributed by atoms with E-state index in [1.54, 1.807) is 0 Å². The summed E-state index contributed by atoms with van der Waals surface area (Å²) < 4.78 is 0. The number of hydrogen-bond acceptors (Lipinski definition) is 2. The van der Waals surface area contributed by atoms with Gasteiger partial charge in [0.15, 0.2) is 0 Å². The van der Waals surface area contributed by atoms with Gasteiger partial charge >= 0.3 is 0 Å². The standard InChI is InChI=1S/C15H17NO2/c17-10-4-9-12-5-1-2-6-14(12)11-16-15(18)13-7-3-8-13/h1-2,5-6,13,17H,3,7-8,10-11H2,(H,16,18). The monoisotopic (exact) mass is 243 g/mol. The molecule has 0 heterocycles. The molecule has 0 saturated heterocycles. The van der Waals surface area contributed by atoms with E-state index in [-0.39, 0.29) is 18.4 Å². The van der Waals surface area contributed by atoms with Crippen LogP contribution in [0.15, 0.2) is 24.3 Å². The first kappa shape index (κ1) is 12.7. The molecule has 2 rings (SSSR count). The number of aliphatic hydroxyl groups excluding tert-OH is 1. The minimum atomic E-state index is -0.150. The summed E-state index contributed by atoms with van der Waals surface area (Å²) in [7, 11) is 0. The van der Waals surface area contributed by atoms with Crippen LogP contribution in [0, 0.1) is 17.8 Å². The fourth-order valence-corrected chi connectivity index (χ4v) is 1.93. The van der Waals surface area contributed by atoms with Crippen molar-refractivity contribution in [3.63, 3.8) is 0 Å². The first-order chi connectivity index (χ1) is 8.81. The van der Waals surface area contributed by atoms with Crippen LogP contribution in [0.1, 0.15) is 30.4 Å². The van der Waals surface area contributed by atoms with Gasteiger partial charge in [0, 0.05) is 18.0 Å². The van der Waals surface area contributed by atoms with Crippen molar-refractivity contribution in [2.24, 2.45) is 5.92 Å². The van der Waals surface area contributed by atoms with Crippen LogP contribution in [-0.4, -0.2) is 17.6 Å². The van der Waals surface area contributed by atoms with Gasteiger partial charge in [0.05, 0.1) is 0 Å².